The molecule has 1 atom stereocenters. The summed E-state index contributed by atoms with van der Waals surface area (Å²) in [5.41, 5.74) is 0.257. The summed E-state index contributed by atoms with van der Waals surface area (Å²) < 4.78 is 5.42. The summed E-state index contributed by atoms with van der Waals surface area (Å²) in [4.78, 5) is 15.1. The van der Waals surface area contributed by atoms with E-state index in [-0.39, 0.29) is 16.9 Å². The molecule has 2 saturated heterocycles. The van der Waals surface area contributed by atoms with E-state index in [4.69, 9.17) is 4.74 Å². The fourth-order valence-electron chi connectivity index (χ4n) is 3.54. The predicted molar refractivity (Wildman–Crippen MR) is 81.5 cm³/mol. The van der Waals surface area contributed by atoms with Crippen molar-refractivity contribution in [1.82, 2.24) is 4.90 Å². The average Bonchev–Trinajstić information content (AvgIpc) is 2.41. The number of hydrogen-bond donors (Lipinski definition) is 0. The minimum Gasteiger partial charge on any atom is -0.381 e. The Morgan fingerprint density at radius 2 is 1.75 bits per heavy atom. The lowest BCUT2D eigenvalue weighted by Crippen LogP contribution is -2.57. The molecule has 3 nitrogen and oxygen atoms in total. The normalized spacial score (nSPS) is 28.1. The number of ether oxygens (including phenoxy) is 1. The molecule has 0 radical (unpaired) electrons. The van der Waals surface area contributed by atoms with E-state index >= 15 is 0 Å². The van der Waals surface area contributed by atoms with E-state index in [2.05, 4.69) is 39.5 Å². The van der Waals surface area contributed by atoms with Crippen LogP contribution in [-0.2, 0) is 9.53 Å². The zero-order valence-electron chi connectivity index (χ0n) is 13.9. The Morgan fingerprint density at radius 1 is 1.15 bits per heavy atom. The second-order valence-corrected chi connectivity index (χ2v) is 8.14. The van der Waals surface area contributed by atoms with Crippen molar-refractivity contribution in [3.8, 4) is 0 Å². The Hall–Kier alpha value is -0.570. The second-order valence-electron chi connectivity index (χ2n) is 8.14. The van der Waals surface area contributed by atoms with Gasteiger partial charge >= 0.3 is 0 Å². The highest BCUT2D eigenvalue weighted by Crippen LogP contribution is 2.39. The van der Waals surface area contributed by atoms with Gasteiger partial charge in [0.25, 0.3) is 0 Å². The third kappa shape index (κ3) is 3.36. The van der Waals surface area contributed by atoms with E-state index in [1.807, 2.05) is 0 Å². The molecule has 2 fully saturated rings. The summed E-state index contributed by atoms with van der Waals surface area (Å²) in [5, 5.41) is 0. The second kappa shape index (κ2) is 5.67. The van der Waals surface area contributed by atoms with Gasteiger partial charge in [-0.1, -0.05) is 20.8 Å². The van der Waals surface area contributed by atoms with Crippen LogP contribution in [0.2, 0.25) is 0 Å². The van der Waals surface area contributed by atoms with Crippen LogP contribution in [-0.4, -0.2) is 36.1 Å². The zero-order valence-corrected chi connectivity index (χ0v) is 13.9. The Kier molecular flexibility index (Phi) is 4.48. The number of nitrogens with zero attached hydrogens (tertiary/aromatic N) is 1. The fraction of sp³-hybridized carbons (Fsp3) is 0.941. The largest absolute Gasteiger partial charge is 0.381 e. The highest BCUT2D eigenvalue weighted by atomic mass is 16.5. The molecular formula is C17H31NO2. The van der Waals surface area contributed by atoms with Crippen molar-refractivity contribution in [3.05, 3.63) is 0 Å². The standard InChI is InChI=1S/C17H31NO2/c1-13(14-6-10-20-11-7-14)15(19)18-12-16(2,3)8-9-17(18,4)5/h13-14H,6-12H2,1-5H3. The molecule has 0 aromatic carbocycles. The molecule has 2 rings (SSSR count). The van der Waals surface area contributed by atoms with Gasteiger partial charge in [0.2, 0.25) is 5.91 Å². The maximum Gasteiger partial charge on any atom is 0.226 e. The monoisotopic (exact) mass is 281 g/mol. The smallest absolute Gasteiger partial charge is 0.226 e. The molecule has 116 valence electrons. The number of likely N-dealkylation sites (tertiary alicyclic amines) is 1. The number of hydrogen-bond acceptors (Lipinski definition) is 2. The fourth-order valence-corrected chi connectivity index (χ4v) is 3.54. The lowest BCUT2D eigenvalue weighted by molar-refractivity contribution is -0.149. The van der Waals surface area contributed by atoms with Gasteiger partial charge in [-0.15, -0.1) is 0 Å². The first-order valence-corrected chi connectivity index (χ1v) is 8.12. The maximum atomic E-state index is 13.0. The van der Waals surface area contributed by atoms with Crippen LogP contribution in [0.1, 0.15) is 60.3 Å². The molecule has 0 aromatic heterocycles. The summed E-state index contributed by atoms with van der Waals surface area (Å²) in [6.45, 7) is 13.6. The Labute approximate surface area is 124 Å². The van der Waals surface area contributed by atoms with Gasteiger partial charge in [0, 0.05) is 31.2 Å². The molecule has 2 aliphatic rings. The minimum atomic E-state index is 0.00598. The molecule has 20 heavy (non-hydrogen) atoms. The quantitative estimate of drug-likeness (QED) is 0.775. The summed E-state index contributed by atoms with van der Waals surface area (Å²) in [5.74, 6) is 0.985. The van der Waals surface area contributed by atoms with Crippen molar-refractivity contribution in [2.45, 2.75) is 65.8 Å². The highest BCUT2D eigenvalue weighted by molar-refractivity contribution is 5.79. The average molecular weight is 281 g/mol. The molecule has 1 amide bonds. The topological polar surface area (TPSA) is 29.5 Å². The molecule has 0 bridgehead atoms. The molecule has 0 aromatic rings. The summed E-state index contributed by atoms with van der Waals surface area (Å²) in [7, 11) is 0. The molecule has 0 N–H and O–H groups in total. The van der Waals surface area contributed by atoms with Crippen LogP contribution in [0.25, 0.3) is 0 Å². The van der Waals surface area contributed by atoms with Crippen molar-refractivity contribution in [2.75, 3.05) is 19.8 Å². The molecule has 3 heteroatoms. The van der Waals surface area contributed by atoms with E-state index in [1.54, 1.807) is 0 Å². The summed E-state index contributed by atoms with van der Waals surface area (Å²) in [6, 6.07) is 0. The Morgan fingerprint density at radius 3 is 2.35 bits per heavy atom. The van der Waals surface area contributed by atoms with Gasteiger partial charge in [-0.3, -0.25) is 4.79 Å². The van der Waals surface area contributed by atoms with E-state index in [0.717, 1.165) is 39.0 Å². The lowest BCUT2D eigenvalue weighted by atomic mass is 9.75. The molecule has 0 spiro atoms. The summed E-state index contributed by atoms with van der Waals surface area (Å²) in [6.07, 6.45) is 4.37. The van der Waals surface area contributed by atoms with Crippen molar-refractivity contribution in [2.24, 2.45) is 17.3 Å². The van der Waals surface area contributed by atoms with E-state index in [9.17, 15) is 4.79 Å². The van der Waals surface area contributed by atoms with Crippen LogP contribution in [0.3, 0.4) is 0 Å². The third-order valence-electron chi connectivity index (χ3n) is 5.36. The molecular weight excluding hydrogens is 250 g/mol. The van der Waals surface area contributed by atoms with Crippen LogP contribution in [0.4, 0.5) is 0 Å². The summed E-state index contributed by atoms with van der Waals surface area (Å²) >= 11 is 0. The van der Waals surface area contributed by atoms with Crippen LogP contribution >= 0.6 is 0 Å². The maximum absolute atomic E-state index is 13.0. The third-order valence-corrected chi connectivity index (χ3v) is 5.36. The molecule has 0 aliphatic carbocycles. The molecule has 2 heterocycles. The van der Waals surface area contributed by atoms with Gasteiger partial charge in [0.15, 0.2) is 0 Å². The van der Waals surface area contributed by atoms with Gasteiger partial charge in [0.05, 0.1) is 0 Å². The first kappa shape index (κ1) is 15.8. The van der Waals surface area contributed by atoms with Crippen LogP contribution in [0.15, 0.2) is 0 Å². The Balaban J connectivity index is 2.08. The van der Waals surface area contributed by atoms with Crippen LogP contribution in [0.5, 0.6) is 0 Å². The van der Waals surface area contributed by atoms with Crippen molar-refractivity contribution >= 4 is 5.91 Å². The van der Waals surface area contributed by atoms with Gasteiger partial charge in [0.1, 0.15) is 0 Å². The number of piperidine rings is 1. The molecule has 0 saturated carbocycles. The first-order valence-electron chi connectivity index (χ1n) is 8.12. The number of amides is 1. The van der Waals surface area contributed by atoms with Crippen LogP contribution < -0.4 is 0 Å². The van der Waals surface area contributed by atoms with Crippen LogP contribution in [0, 0.1) is 17.3 Å². The lowest BCUT2D eigenvalue weighted by Gasteiger charge is -2.50. The highest BCUT2D eigenvalue weighted by Gasteiger charge is 2.42. The number of carbonyl (C=O) groups excluding carboxylic acids is 1. The van der Waals surface area contributed by atoms with Crippen molar-refractivity contribution in [3.63, 3.8) is 0 Å². The molecule has 1 unspecified atom stereocenters. The van der Waals surface area contributed by atoms with E-state index < -0.39 is 0 Å². The van der Waals surface area contributed by atoms with E-state index in [0.29, 0.717) is 11.8 Å². The first-order chi connectivity index (χ1) is 9.23. The SMILES string of the molecule is CC(C(=O)N1CC(C)(C)CCC1(C)C)C1CCOCC1. The van der Waals surface area contributed by atoms with E-state index in [1.165, 1.54) is 6.42 Å². The zero-order chi connectivity index (χ0) is 15.0. The number of carbonyl (C=O) groups is 1. The van der Waals surface area contributed by atoms with Crippen molar-refractivity contribution < 1.29 is 9.53 Å². The van der Waals surface area contributed by atoms with Crippen molar-refractivity contribution in [1.29, 1.82) is 0 Å². The number of rotatable bonds is 2. The van der Waals surface area contributed by atoms with Gasteiger partial charge in [-0.25, -0.2) is 0 Å². The molecule has 2 aliphatic heterocycles. The van der Waals surface area contributed by atoms with Gasteiger partial charge < -0.3 is 9.64 Å². The predicted octanol–water partition coefficient (Wildman–Crippen LogP) is 3.48. The van der Waals surface area contributed by atoms with Gasteiger partial charge in [-0.2, -0.15) is 0 Å². The van der Waals surface area contributed by atoms with Gasteiger partial charge in [-0.05, 0) is 50.9 Å². The minimum absolute atomic E-state index is 0.00598. The Bertz CT molecular complexity index is 356.